The molecule has 114 valence electrons. The van der Waals surface area contributed by atoms with Gasteiger partial charge in [-0.05, 0) is 34.9 Å². The van der Waals surface area contributed by atoms with Crippen LogP contribution in [0.3, 0.4) is 0 Å². The van der Waals surface area contributed by atoms with Crippen molar-refractivity contribution in [2.24, 2.45) is 0 Å². The summed E-state index contributed by atoms with van der Waals surface area (Å²) in [5.41, 5.74) is 3.10. The maximum atomic E-state index is 12.0. The van der Waals surface area contributed by atoms with Crippen molar-refractivity contribution in [1.82, 2.24) is 4.98 Å². The SMILES string of the molecule is O=C(OCc1ccccc1)c1ccc(-c2ccc(=O)[nH]c2)cc1. The molecule has 0 radical (unpaired) electrons. The van der Waals surface area contributed by atoms with Crippen molar-refractivity contribution in [3.8, 4) is 11.1 Å². The average molecular weight is 305 g/mol. The Morgan fingerprint density at radius 2 is 1.57 bits per heavy atom. The monoisotopic (exact) mass is 305 g/mol. The number of ether oxygens (including phenoxy) is 1. The standard InChI is InChI=1S/C19H15NO3/c21-18-11-10-17(12-20-18)15-6-8-16(9-7-15)19(22)23-13-14-4-2-1-3-5-14/h1-12H,13H2,(H,20,21). The van der Waals surface area contributed by atoms with Crippen LogP contribution in [0.5, 0.6) is 0 Å². The minimum atomic E-state index is -0.359. The molecule has 3 aromatic rings. The molecule has 0 aliphatic carbocycles. The predicted molar refractivity (Wildman–Crippen MR) is 88.1 cm³/mol. The second kappa shape index (κ2) is 6.75. The fraction of sp³-hybridized carbons (Fsp3) is 0.0526. The number of rotatable bonds is 4. The smallest absolute Gasteiger partial charge is 0.338 e. The summed E-state index contributed by atoms with van der Waals surface area (Å²) in [5.74, 6) is -0.359. The fourth-order valence-electron chi connectivity index (χ4n) is 2.20. The van der Waals surface area contributed by atoms with Crippen LogP contribution in [0.4, 0.5) is 0 Å². The molecule has 0 bridgehead atoms. The summed E-state index contributed by atoms with van der Waals surface area (Å²) >= 11 is 0. The molecule has 0 atom stereocenters. The number of pyridine rings is 1. The molecule has 0 fully saturated rings. The minimum Gasteiger partial charge on any atom is -0.457 e. The van der Waals surface area contributed by atoms with Crippen LogP contribution in [0.1, 0.15) is 15.9 Å². The van der Waals surface area contributed by atoms with E-state index in [-0.39, 0.29) is 18.1 Å². The molecule has 0 spiro atoms. The number of H-pyrrole nitrogens is 1. The van der Waals surface area contributed by atoms with Crippen molar-refractivity contribution < 1.29 is 9.53 Å². The van der Waals surface area contributed by atoms with Crippen LogP contribution in [0.2, 0.25) is 0 Å². The first kappa shape index (κ1) is 14.8. The van der Waals surface area contributed by atoms with E-state index in [4.69, 9.17) is 4.74 Å². The summed E-state index contributed by atoms with van der Waals surface area (Å²) in [7, 11) is 0. The number of carbonyl (C=O) groups is 1. The van der Waals surface area contributed by atoms with Crippen molar-refractivity contribution in [2.75, 3.05) is 0 Å². The molecule has 1 heterocycles. The molecule has 1 N–H and O–H groups in total. The van der Waals surface area contributed by atoms with Crippen LogP contribution in [0, 0.1) is 0 Å². The first-order valence-corrected chi connectivity index (χ1v) is 7.22. The summed E-state index contributed by atoms with van der Waals surface area (Å²) in [5, 5.41) is 0. The first-order valence-electron chi connectivity index (χ1n) is 7.22. The van der Waals surface area contributed by atoms with Crippen molar-refractivity contribution in [2.45, 2.75) is 6.61 Å². The summed E-state index contributed by atoms with van der Waals surface area (Å²) in [4.78, 5) is 25.7. The van der Waals surface area contributed by atoms with Gasteiger partial charge in [0.25, 0.3) is 0 Å². The van der Waals surface area contributed by atoms with E-state index in [1.807, 2.05) is 42.5 Å². The molecule has 0 amide bonds. The van der Waals surface area contributed by atoms with E-state index in [9.17, 15) is 9.59 Å². The van der Waals surface area contributed by atoms with Gasteiger partial charge in [-0.1, -0.05) is 42.5 Å². The highest BCUT2D eigenvalue weighted by Gasteiger charge is 2.07. The van der Waals surface area contributed by atoms with Crippen molar-refractivity contribution >= 4 is 5.97 Å². The van der Waals surface area contributed by atoms with Crippen molar-refractivity contribution in [1.29, 1.82) is 0 Å². The van der Waals surface area contributed by atoms with Crippen LogP contribution in [-0.4, -0.2) is 11.0 Å². The minimum absolute atomic E-state index is 0.144. The molecule has 0 aliphatic heterocycles. The molecular weight excluding hydrogens is 290 g/mol. The number of esters is 1. The van der Waals surface area contributed by atoms with Gasteiger partial charge in [-0.15, -0.1) is 0 Å². The highest BCUT2D eigenvalue weighted by Crippen LogP contribution is 2.18. The largest absolute Gasteiger partial charge is 0.457 e. The molecule has 0 aliphatic rings. The van der Waals surface area contributed by atoms with Gasteiger partial charge in [-0.25, -0.2) is 4.79 Å². The van der Waals surface area contributed by atoms with Crippen molar-refractivity contribution in [3.63, 3.8) is 0 Å². The lowest BCUT2D eigenvalue weighted by atomic mass is 10.1. The summed E-state index contributed by atoms with van der Waals surface area (Å²) in [6, 6.07) is 19.8. The number of hydrogen-bond acceptors (Lipinski definition) is 3. The van der Waals surface area contributed by atoms with Gasteiger partial charge >= 0.3 is 5.97 Å². The fourth-order valence-corrected chi connectivity index (χ4v) is 2.20. The van der Waals surface area contributed by atoms with E-state index in [2.05, 4.69) is 4.98 Å². The van der Waals surface area contributed by atoms with Gasteiger partial charge in [0.1, 0.15) is 6.61 Å². The molecule has 1 aromatic heterocycles. The average Bonchev–Trinajstić information content (AvgIpc) is 2.61. The van der Waals surface area contributed by atoms with Gasteiger partial charge in [0.2, 0.25) is 5.56 Å². The zero-order chi connectivity index (χ0) is 16.1. The molecular formula is C19H15NO3. The molecule has 3 rings (SSSR count). The Morgan fingerprint density at radius 3 is 2.22 bits per heavy atom. The maximum Gasteiger partial charge on any atom is 0.338 e. The van der Waals surface area contributed by atoms with Crippen LogP contribution < -0.4 is 5.56 Å². The van der Waals surface area contributed by atoms with E-state index < -0.39 is 0 Å². The van der Waals surface area contributed by atoms with E-state index >= 15 is 0 Å². The Hall–Kier alpha value is -3.14. The normalized spacial score (nSPS) is 10.3. The van der Waals surface area contributed by atoms with E-state index in [0.29, 0.717) is 5.56 Å². The second-order valence-corrected chi connectivity index (χ2v) is 5.08. The Morgan fingerprint density at radius 1 is 0.870 bits per heavy atom. The second-order valence-electron chi connectivity index (χ2n) is 5.08. The zero-order valence-electron chi connectivity index (χ0n) is 12.4. The Kier molecular flexibility index (Phi) is 4.34. The quantitative estimate of drug-likeness (QED) is 0.752. The topological polar surface area (TPSA) is 59.2 Å². The summed E-state index contributed by atoms with van der Waals surface area (Å²) < 4.78 is 5.29. The lowest BCUT2D eigenvalue weighted by Gasteiger charge is -2.06. The highest BCUT2D eigenvalue weighted by atomic mass is 16.5. The molecule has 23 heavy (non-hydrogen) atoms. The number of hydrogen-bond donors (Lipinski definition) is 1. The van der Waals surface area contributed by atoms with Gasteiger partial charge in [0, 0.05) is 12.3 Å². The first-order chi connectivity index (χ1) is 11.2. The van der Waals surface area contributed by atoms with Crippen LogP contribution >= 0.6 is 0 Å². The van der Waals surface area contributed by atoms with Crippen LogP contribution in [-0.2, 0) is 11.3 Å². The lowest BCUT2D eigenvalue weighted by molar-refractivity contribution is 0.0473. The van der Waals surface area contributed by atoms with Gasteiger partial charge in [0.15, 0.2) is 0 Å². The van der Waals surface area contributed by atoms with E-state index in [0.717, 1.165) is 16.7 Å². The molecule has 2 aromatic carbocycles. The Bertz CT molecular complexity index is 831. The van der Waals surface area contributed by atoms with Gasteiger partial charge in [-0.2, -0.15) is 0 Å². The van der Waals surface area contributed by atoms with E-state index in [1.165, 1.54) is 6.07 Å². The molecule has 4 heteroatoms. The van der Waals surface area contributed by atoms with Gasteiger partial charge in [-0.3, -0.25) is 4.79 Å². The zero-order valence-corrected chi connectivity index (χ0v) is 12.4. The Balaban J connectivity index is 1.68. The third-order valence-electron chi connectivity index (χ3n) is 3.45. The molecule has 0 saturated heterocycles. The van der Waals surface area contributed by atoms with E-state index in [1.54, 1.807) is 24.4 Å². The van der Waals surface area contributed by atoms with Crippen molar-refractivity contribution in [3.05, 3.63) is 94.4 Å². The number of nitrogens with one attached hydrogen (secondary N) is 1. The lowest BCUT2D eigenvalue weighted by Crippen LogP contribution is -2.05. The number of carbonyl (C=O) groups excluding carboxylic acids is 1. The number of aromatic nitrogens is 1. The van der Waals surface area contributed by atoms with Gasteiger partial charge < -0.3 is 9.72 Å². The maximum absolute atomic E-state index is 12.0. The summed E-state index contributed by atoms with van der Waals surface area (Å²) in [6.07, 6.45) is 1.64. The molecule has 0 unspecified atom stereocenters. The Labute approximate surface area is 133 Å². The van der Waals surface area contributed by atoms with Crippen LogP contribution in [0.25, 0.3) is 11.1 Å². The molecule has 4 nitrogen and oxygen atoms in total. The van der Waals surface area contributed by atoms with Crippen LogP contribution in [0.15, 0.2) is 77.7 Å². The highest BCUT2D eigenvalue weighted by molar-refractivity contribution is 5.90. The summed E-state index contributed by atoms with van der Waals surface area (Å²) in [6.45, 7) is 0.251. The third kappa shape index (κ3) is 3.74. The predicted octanol–water partition coefficient (Wildman–Crippen LogP) is 3.40. The third-order valence-corrected chi connectivity index (χ3v) is 3.45. The van der Waals surface area contributed by atoms with Gasteiger partial charge in [0.05, 0.1) is 5.56 Å². The number of aromatic amines is 1. The molecule has 0 saturated carbocycles. The number of benzene rings is 2.